The Balaban J connectivity index is 2.25. The summed E-state index contributed by atoms with van der Waals surface area (Å²) in [7, 11) is 0. The van der Waals surface area contributed by atoms with Gasteiger partial charge in [-0.1, -0.05) is 11.6 Å². The molecule has 0 fully saturated rings. The number of hydrogen-bond acceptors (Lipinski definition) is 3. The monoisotopic (exact) mass is 305 g/mol. The fraction of sp³-hybridized carbons (Fsp3) is 0.0667. The lowest BCUT2D eigenvalue weighted by Gasteiger charge is -2.10. The third-order valence-electron chi connectivity index (χ3n) is 2.93. The molecule has 1 amide bonds. The van der Waals surface area contributed by atoms with Gasteiger partial charge in [-0.15, -0.1) is 0 Å². The Labute approximate surface area is 125 Å². The summed E-state index contributed by atoms with van der Waals surface area (Å²) in [5.41, 5.74) is 1.30. The van der Waals surface area contributed by atoms with Gasteiger partial charge < -0.3 is 15.5 Å². The smallest absolute Gasteiger partial charge is 0.335 e. The number of aromatic carboxylic acids is 1. The van der Waals surface area contributed by atoms with E-state index in [4.69, 9.17) is 16.7 Å². The molecule has 0 saturated carbocycles. The zero-order valence-corrected chi connectivity index (χ0v) is 11.8. The van der Waals surface area contributed by atoms with E-state index in [0.29, 0.717) is 16.3 Å². The first-order valence-corrected chi connectivity index (χ1v) is 6.40. The summed E-state index contributed by atoms with van der Waals surface area (Å²) in [6.45, 7) is 1.68. The van der Waals surface area contributed by atoms with Crippen LogP contribution in [0.2, 0.25) is 5.02 Å². The van der Waals surface area contributed by atoms with Crippen LogP contribution in [0.1, 0.15) is 26.3 Å². The number of phenols is 1. The predicted molar refractivity (Wildman–Crippen MR) is 79.2 cm³/mol. The second kappa shape index (κ2) is 5.85. The second-order valence-corrected chi connectivity index (χ2v) is 4.89. The third kappa shape index (κ3) is 3.32. The number of carboxylic acids is 1. The normalized spacial score (nSPS) is 10.2. The standard InChI is InChI=1S/C15H12ClNO4/c1-8-6-9(15(20)21)2-5-12(8)17-14(19)11-4-3-10(16)7-13(11)18/h2-7,18H,1H3,(H,17,19)(H,20,21). The maximum atomic E-state index is 12.1. The van der Waals surface area contributed by atoms with Crippen LogP contribution in [0, 0.1) is 6.92 Å². The highest BCUT2D eigenvalue weighted by Gasteiger charge is 2.13. The molecule has 0 radical (unpaired) electrons. The van der Waals surface area contributed by atoms with Crippen molar-refractivity contribution in [1.29, 1.82) is 0 Å². The van der Waals surface area contributed by atoms with Crippen LogP contribution in [-0.4, -0.2) is 22.1 Å². The number of carbonyl (C=O) groups is 2. The first-order valence-electron chi connectivity index (χ1n) is 6.02. The summed E-state index contributed by atoms with van der Waals surface area (Å²) < 4.78 is 0. The predicted octanol–water partition coefficient (Wildman–Crippen LogP) is 3.30. The number of amides is 1. The van der Waals surface area contributed by atoms with E-state index in [9.17, 15) is 14.7 Å². The average molecular weight is 306 g/mol. The molecule has 0 saturated heterocycles. The number of hydrogen-bond donors (Lipinski definition) is 3. The minimum atomic E-state index is -1.04. The van der Waals surface area contributed by atoms with Gasteiger partial charge in [0.15, 0.2) is 0 Å². The molecule has 0 aromatic heterocycles. The molecule has 5 nitrogen and oxygen atoms in total. The topological polar surface area (TPSA) is 86.6 Å². The van der Waals surface area contributed by atoms with Crippen LogP contribution in [0.5, 0.6) is 5.75 Å². The Hall–Kier alpha value is -2.53. The Morgan fingerprint density at radius 2 is 1.86 bits per heavy atom. The van der Waals surface area contributed by atoms with Crippen LogP contribution >= 0.6 is 11.6 Å². The minimum absolute atomic E-state index is 0.0844. The Morgan fingerprint density at radius 3 is 2.43 bits per heavy atom. The quantitative estimate of drug-likeness (QED) is 0.812. The number of aryl methyl sites for hydroxylation is 1. The van der Waals surface area contributed by atoms with E-state index in [-0.39, 0.29) is 16.9 Å². The summed E-state index contributed by atoms with van der Waals surface area (Å²) in [4.78, 5) is 22.9. The zero-order chi connectivity index (χ0) is 15.6. The highest BCUT2D eigenvalue weighted by Crippen LogP contribution is 2.24. The SMILES string of the molecule is Cc1cc(C(=O)O)ccc1NC(=O)c1ccc(Cl)cc1O. The van der Waals surface area contributed by atoms with Crippen molar-refractivity contribution in [3.05, 3.63) is 58.1 Å². The van der Waals surface area contributed by atoms with Crippen molar-refractivity contribution in [2.24, 2.45) is 0 Å². The number of aromatic hydroxyl groups is 1. The van der Waals surface area contributed by atoms with Crippen molar-refractivity contribution in [1.82, 2.24) is 0 Å². The fourth-order valence-corrected chi connectivity index (χ4v) is 1.99. The van der Waals surface area contributed by atoms with Gasteiger partial charge >= 0.3 is 5.97 Å². The van der Waals surface area contributed by atoms with Gasteiger partial charge in [0.05, 0.1) is 11.1 Å². The number of nitrogens with one attached hydrogen (secondary N) is 1. The van der Waals surface area contributed by atoms with E-state index in [0.717, 1.165) is 0 Å². The molecule has 21 heavy (non-hydrogen) atoms. The molecule has 0 aliphatic rings. The molecule has 2 aromatic rings. The van der Waals surface area contributed by atoms with Gasteiger partial charge in [0.1, 0.15) is 5.75 Å². The van der Waals surface area contributed by atoms with E-state index in [1.807, 2.05) is 0 Å². The van der Waals surface area contributed by atoms with Crippen molar-refractivity contribution < 1.29 is 19.8 Å². The van der Waals surface area contributed by atoms with E-state index in [1.165, 1.54) is 36.4 Å². The summed E-state index contributed by atoms with van der Waals surface area (Å²) >= 11 is 5.71. The number of carboxylic acid groups (broad SMARTS) is 1. The van der Waals surface area contributed by atoms with Crippen LogP contribution in [0.4, 0.5) is 5.69 Å². The molecular weight excluding hydrogens is 294 g/mol. The Kier molecular flexibility index (Phi) is 4.14. The zero-order valence-electron chi connectivity index (χ0n) is 11.1. The van der Waals surface area contributed by atoms with Crippen LogP contribution in [0.25, 0.3) is 0 Å². The summed E-state index contributed by atoms with van der Waals surface area (Å²) in [5.74, 6) is -1.76. The van der Waals surface area contributed by atoms with Gasteiger partial charge in [-0.25, -0.2) is 4.79 Å². The van der Waals surface area contributed by atoms with Gasteiger partial charge in [-0.05, 0) is 48.9 Å². The van der Waals surface area contributed by atoms with Crippen LogP contribution in [0.15, 0.2) is 36.4 Å². The first-order chi connectivity index (χ1) is 9.88. The number of rotatable bonds is 3. The lowest BCUT2D eigenvalue weighted by Crippen LogP contribution is -2.13. The van der Waals surface area contributed by atoms with E-state index in [2.05, 4.69) is 5.32 Å². The highest BCUT2D eigenvalue weighted by molar-refractivity contribution is 6.31. The summed E-state index contributed by atoms with van der Waals surface area (Å²) in [6, 6.07) is 8.54. The number of carbonyl (C=O) groups excluding carboxylic acids is 1. The minimum Gasteiger partial charge on any atom is -0.507 e. The molecule has 2 aromatic carbocycles. The van der Waals surface area contributed by atoms with E-state index >= 15 is 0 Å². The van der Waals surface area contributed by atoms with Crippen LogP contribution < -0.4 is 5.32 Å². The lowest BCUT2D eigenvalue weighted by molar-refractivity contribution is 0.0696. The van der Waals surface area contributed by atoms with Crippen molar-refractivity contribution >= 4 is 29.2 Å². The van der Waals surface area contributed by atoms with Crippen molar-refractivity contribution in [3.8, 4) is 5.75 Å². The first kappa shape index (κ1) is 14.9. The molecule has 108 valence electrons. The Bertz CT molecular complexity index is 728. The summed E-state index contributed by atoms with van der Waals surface area (Å²) in [5, 5.41) is 21.5. The average Bonchev–Trinajstić information content (AvgIpc) is 2.40. The molecule has 0 aliphatic heterocycles. The van der Waals surface area contributed by atoms with Crippen molar-refractivity contribution in [2.45, 2.75) is 6.92 Å². The Morgan fingerprint density at radius 1 is 1.14 bits per heavy atom. The van der Waals surface area contributed by atoms with Crippen LogP contribution in [-0.2, 0) is 0 Å². The molecule has 0 spiro atoms. The van der Waals surface area contributed by atoms with Gasteiger partial charge in [-0.3, -0.25) is 4.79 Å². The molecule has 3 N–H and O–H groups in total. The maximum Gasteiger partial charge on any atom is 0.335 e. The highest BCUT2D eigenvalue weighted by atomic mass is 35.5. The fourth-order valence-electron chi connectivity index (χ4n) is 1.82. The molecule has 0 unspecified atom stereocenters. The van der Waals surface area contributed by atoms with Gasteiger partial charge in [0.2, 0.25) is 0 Å². The molecule has 6 heteroatoms. The van der Waals surface area contributed by atoms with E-state index < -0.39 is 11.9 Å². The van der Waals surface area contributed by atoms with Gasteiger partial charge in [0, 0.05) is 10.7 Å². The largest absolute Gasteiger partial charge is 0.507 e. The molecular formula is C15H12ClNO4. The number of anilines is 1. The second-order valence-electron chi connectivity index (χ2n) is 4.45. The maximum absolute atomic E-state index is 12.1. The molecule has 0 aliphatic carbocycles. The van der Waals surface area contributed by atoms with Crippen molar-refractivity contribution in [2.75, 3.05) is 5.32 Å². The van der Waals surface area contributed by atoms with Crippen molar-refractivity contribution in [3.63, 3.8) is 0 Å². The van der Waals surface area contributed by atoms with Crippen LogP contribution in [0.3, 0.4) is 0 Å². The third-order valence-corrected chi connectivity index (χ3v) is 3.16. The van der Waals surface area contributed by atoms with E-state index in [1.54, 1.807) is 6.92 Å². The number of benzene rings is 2. The lowest BCUT2D eigenvalue weighted by atomic mass is 10.1. The number of phenolic OH excluding ortho intramolecular Hbond substituents is 1. The van der Waals surface area contributed by atoms with Gasteiger partial charge in [0.25, 0.3) is 5.91 Å². The number of halogens is 1. The molecule has 0 bridgehead atoms. The molecule has 2 rings (SSSR count). The molecule has 0 heterocycles. The van der Waals surface area contributed by atoms with Gasteiger partial charge in [-0.2, -0.15) is 0 Å². The summed E-state index contributed by atoms with van der Waals surface area (Å²) in [6.07, 6.45) is 0. The molecule has 0 atom stereocenters.